The van der Waals surface area contributed by atoms with Crippen LogP contribution in [0, 0.1) is 0 Å². The highest BCUT2D eigenvalue weighted by Gasteiger charge is 2.13. The van der Waals surface area contributed by atoms with Crippen LogP contribution in [-0.4, -0.2) is 23.6 Å². The van der Waals surface area contributed by atoms with Gasteiger partial charge in [-0.3, -0.25) is 0 Å². The van der Waals surface area contributed by atoms with Gasteiger partial charge in [0.2, 0.25) is 0 Å². The van der Waals surface area contributed by atoms with Gasteiger partial charge in [-0.2, -0.15) is 5.06 Å². The Morgan fingerprint density at radius 3 is 2.33 bits per heavy atom. The Kier molecular flexibility index (Phi) is 3.82. The molecule has 0 rings (SSSR count). The van der Waals surface area contributed by atoms with Crippen LogP contribution in [0.2, 0.25) is 0 Å². The molecule has 5 nitrogen and oxygen atoms in total. The molecule has 0 unspecified atom stereocenters. The molecule has 0 heterocycles. The third-order valence-corrected chi connectivity index (χ3v) is 1.07. The fourth-order valence-corrected chi connectivity index (χ4v) is 0.443. The van der Waals surface area contributed by atoms with Crippen molar-refractivity contribution >= 4 is 12.0 Å². The van der Waals surface area contributed by atoms with Crippen molar-refractivity contribution in [3.05, 3.63) is 12.2 Å². The summed E-state index contributed by atoms with van der Waals surface area (Å²) in [6, 6.07) is -0.799. The Balaban J connectivity index is 4.12. The van der Waals surface area contributed by atoms with Gasteiger partial charge in [0.15, 0.2) is 0 Å². The number of rotatable bonds is 2. The summed E-state index contributed by atoms with van der Waals surface area (Å²) in [5, 5.41) is 0.761. The molecule has 0 aromatic heterocycles. The van der Waals surface area contributed by atoms with E-state index in [1.807, 2.05) is 0 Å². The van der Waals surface area contributed by atoms with Gasteiger partial charge in [0.25, 0.3) is 0 Å². The Bertz CT molecular complexity index is 213. The van der Waals surface area contributed by atoms with E-state index in [0.717, 1.165) is 5.06 Å². The zero-order valence-corrected chi connectivity index (χ0v) is 7.16. The second-order valence-electron chi connectivity index (χ2n) is 2.19. The molecule has 0 bridgehead atoms. The van der Waals surface area contributed by atoms with E-state index < -0.39 is 12.0 Å². The van der Waals surface area contributed by atoms with E-state index in [-0.39, 0.29) is 12.1 Å². The minimum atomic E-state index is -0.799. The largest absolute Gasteiger partial charge is 0.358 e. The van der Waals surface area contributed by atoms with Crippen molar-refractivity contribution in [2.75, 3.05) is 6.54 Å². The monoisotopic (exact) mass is 172 g/mol. The molecule has 0 aliphatic heterocycles. The second-order valence-corrected chi connectivity index (χ2v) is 2.19. The number of hydrogen-bond acceptors (Lipinski definition) is 3. The topological polar surface area (TPSA) is 72.6 Å². The predicted octanol–water partition coefficient (Wildman–Crippen LogP) is 0.421. The van der Waals surface area contributed by atoms with Crippen molar-refractivity contribution in [2.45, 2.75) is 13.8 Å². The molecule has 68 valence electrons. The summed E-state index contributed by atoms with van der Waals surface area (Å²) in [6.07, 6.45) is 0. The fourth-order valence-electron chi connectivity index (χ4n) is 0.443. The van der Waals surface area contributed by atoms with E-state index >= 15 is 0 Å². The highest BCUT2D eigenvalue weighted by Crippen LogP contribution is 1.96. The van der Waals surface area contributed by atoms with E-state index in [2.05, 4.69) is 11.4 Å². The molecular weight excluding hydrogens is 160 g/mol. The Labute approximate surface area is 70.7 Å². The summed E-state index contributed by atoms with van der Waals surface area (Å²) >= 11 is 0. The van der Waals surface area contributed by atoms with E-state index in [4.69, 9.17) is 5.73 Å². The average molecular weight is 172 g/mol. The zero-order valence-electron chi connectivity index (χ0n) is 7.16. The maximum atomic E-state index is 10.8. The Morgan fingerprint density at radius 2 is 2.08 bits per heavy atom. The summed E-state index contributed by atoms with van der Waals surface area (Å²) in [4.78, 5) is 25.9. The molecule has 0 aliphatic rings. The zero-order chi connectivity index (χ0) is 9.72. The van der Waals surface area contributed by atoms with Crippen LogP contribution in [-0.2, 0) is 9.63 Å². The van der Waals surface area contributed by atoms with Crippen molar-refractivity contribution in [3.8, 4) is 0 Å². The van der Waals surface area contributed by atoms with Gasteiger partial charge in [0.1, 0.15) is 0 Å². The number of carbonyl (C=O) groups is 2. The molecule has 0 aliphatic carbocycles. The smallest absolute Gasteiger partial charge is 0.349 e. The summed E-state index contributed by atoms with van der Waals surface area (Å²) in [6.45, 7) is 6.68. The van der Waals surface area contributed by atoms with E-state index in [0.29, 0.717) is 0 Å². The lowest BCUT2D eigenvalue weighted by Crippen LogP contribution is -2.37. The molecule has 0 radical (unpaired) electrons. The highest BCUT2D eigenvalue weighted by atomic mass is 16.7. The first-order valence-electron chi connectivity index (χ1n) is 3.43. The number of nitrogens with two attached hydrogens (primary N) is 1. The molecule has 2 amide bonds. The summed E-state index contributed by atoms with van der Waals surface area (Å²) < 4.78 is 0. The molecule has 0 fully saturated rings. The van der Waals surface area contributed by atoms with Crippen LogP contribution in [0.4, 0.5) is 4.79 Å². The van der Waals surface area contributed by atoms with Crippen molar-refractivity contribution in [2.24, 2.45) is 5.73 Å². The van der Waals surface area contributed by atoms with Crippen LogP contribution in [0.5, 0.6) is 0 Å². The lowest BCUT2D eigenvalue weighted by atomic mass is 10.4. The summed E-state index contributed by atoms with van der Waals surface area (Å²) in [5.41, 5.74) is 5.09. The summed E-state index contributed by atoms with van der Waals surface area (Å²) in [5.74, 6) is -0.657. The Morgan fingerprint density at radius 1 is 1.58 bits per heavy atom. The van der Waals surface area contributed by atoms with Crippen molar-refractivity contribution in [1.82, 2.24) is 5.06 Å². The van der Waals surface area contributed by atoms with Gasteiger partial charge in [0.05, 0.1) is 6.54 Å². The van der Waals surface area contributed by atoms with E-state index in [1.165, 1.54) is 6.92 Å². The van der Waals surface area contributed by atoms with Crippen molar-refractivity contribution in [3.63, 3.8) is 0 Å². The maximum Gasteiger partial charge on any atom is 0.358 e. The fraction of sp³-hybridized carbons (Fsp3) is 0.429. The number of amides is 2. The minimum absolute atomic E-state index is 0.217. The third kappa shape index (κ3) is 3.05. The van der Waals surface area contributed by atoms with Crippen molar-refractivity contribution in [1.29, 1.82) is 0 Å². The molecular formula is C7H12N2O3. The standard InChI is InChI=1S/C7H12N2O3/c1-4-9(7(8)11)12-6(10)5(2)3/h2,4H2,1,3H3,(H2,8,11). The Hall–Kier alpha value is -1.52. The van der Waals surface area contributed by atoms with E-state index in [1.54, 1.807) is 6.92 Å². The van der Waals surface area contributed by atoms with Gasteiger partial charge >= 0.3 is 12.0 Å². The highest BCUT2D eigenvalue weighted by molar-refractivity contribution is 5.87. The van der Waals surface area contributed by atoms with Crippen molar-refractivity contribution < 1.29 is 14.4 Å². The quantitative estimate of drug-likeness (QED) is 0.484. The van der Waals surface area contributed by atoms with Crippen LogP contribution in [0.25, 0.3) is 0 Å². The number of hydroxylamine groups is 2. The first kappa shape index (κ1) is 10.5. The van der Waals surface area contributed by atoms with Gasteiger partial charge in [-0.15, -0.1) is 0 Å². The minimum Gasteiger partial charge on any atom is -0.349 e. The number of hydrogen-bond donors (Lipinski definition) is 1. The molecule has 0 saturated heterocycles. The third-order valence-electron chi connectivity index (χ3n) is 1.07. The molecule has 0 spiro atoms. The molecule has 5 heteroatoms. The summed E-state index contributed by atoms with van der Waals surface area (Å²) in [7, 11) is 0. The number of urea groups is 1. The molecule has 0 aromatic rings. The number of carbonyl (C=O) groups excluding carboxylic acids is 2. The lowest BCUT2D eigenvalue weighted by molar-refractivity contribution is -0.170. The molecule has 0 aromatic carbocycles. The average Bonchev–Trinajstić information content (AvgIpc) is 1.98. The van der Waals surface area contributed by atoms with Crippen LogP contribution < -0.4 is 5.73 Å². The normalized spacial score (nSPS) is 8.83. The maximum absolute atomic E-state index is 10.8. The van der Waals surface area contributed by atoms with Gasteiger partial charge in [-0.1, -0.05) is 6.58 Å². The first-order chi connectivity index (χ1) is 5.49. The van der Waals surface area contributed by atoms with Gasteiger partial charge in [-0.25, -0.2) is 9.59 Å². The predicted molar refractivity (Wildman–Crippen MR) is 42.9 cm³/mol. The first-order valence-corrected chi connectivity index (χ1v) is 3.43. The van der Waals surface area contributed by atoms with E-state index in [9.17, 15) is 9.59 Å². The lowest BCUT2D eigenvalue weighted by Gasteiger charge is -2.16. The SMILES string of the molecule is C=C(C)C(=O)ON(CC)C(N)=O. The van der Waals surface area contributed by atoms with Crippen LogP contribution in [0.15, 0.2) is 12.2 Å². The van der Waals surface area contributed by atoms with Crippen LogP contribution in [0.3, 0.4) is 0 Å². The molecule has 12 heavy (non-hydrogen) atoms. The van der Waals surface area contributed by atoms with Gasteiger partial charge < -0.3 is 10.6 Å². The second kappa shape index (κ2) is 4.38. The van der Waals surface area contributed by atoms with Crippen LogP contribution >= 0.6 is 0 Å². The number of primary amides is 1. The molecule has 0 atom stereocenters. The van der Waals surface area contributed by atoms with Crippen LogP contribution in [0.1, 0.15) is 13.8 Å². The molecule has 0 saturated carbocycles. The van der Waals surface area contributed by atoms with Gasteiger partial charge in [0, 0.05) is 5.57 Å². The number of nitrogens with zero attached hydrogens (tertiary/aromatic N) is 1. The molecule has 2 N–H and O–H groups in total. The van der Waals surface area contributed by atoms with Gasteiger partial charge in [-0.05, 0) is 13.8 Å².